The molecule has 0 radical (unpaired) electrons. The SMILES string of the molecule is COc1cc2c(cc1-c1c(C)noc1C)[nH]c1nc(C)nc(-c3ccc(C(=O)N4CCN[C@@H](C)C4)c4c3OCCO4)c12. The number of piperazine rings is 1. The minimum absolute atomic E-state index is 0.0654. The van der Waals surface area contributed by atoms with Crippen LogP contribution in [-0.4, -0.2) is 76.9 Å². The summed E-state index contributed by atoms with van der Waals surface area (Å²) in [6.45, 7) is 10.5. The van der Waals surface area contributed by atoms with Crippen molar-refractivity contribution in [3.63, 3.8) is 0 Å². The second kappa shape index (κ2) is 10.0. The lowest BCUT2D eigenvalue weighted by atomic mass is 9.98. The number of methoxy groups -OCH3 is 1. The molecule has 2 aliphatic rings. The Morgan fingerprint density at radius 3 is 2.62 bits per heavy atom. The van der Waals surface area contributed by atoms with Gasteiger partial charge in [-0.2, -0.15) is 0 Å². The zero-order chi connectivity index (χ0) is 29.1. The number of H-pyrrole nitrogens is 1. The second-order valence-electron chi connectivity index (χ2n) is 10.9. The first-order valence-electron chi connectivity index (χ1n) is 14.1. The summed E-state index contributed by atoms with van der Waals surface area (Å²) in [5.41, 5.74) is 6.03. The molecule has 5 heterocycles. The fraction of sp³-hybridized carbons (Fsp3) is 0.355. The van der Waals surface area contributed by atoms with Crippen LogP contribution in [0.2, 0.25) is 0 Å². The molecule has 1 atom stereocenters. The van der Waals surface area contributed by atoms with E-state index < -0.39 is 0 Å². The molecule has 1 fully saturated rings. The topological polar surface area (TPSA) is 128 Å². The molecule has 1 amide bonds. The van der Waals surface area contributed by atoms with Crippen molar-refractivity contribution in [3.8, 4) is 39.6 Å². The van der Waals surface area contributed by atoms with E-state index >= 15 is 0 Å². The van der Waals surface area contributed by atoms with Crippen LogP contribution >= 0.6 is 0 Å². The number of aromatic nitrogens is 4. The van der Waals surface area contributed by atoms with Crippen LogP contribution in [0.1, 0.15) is 34.6 Å². The number of hydrogen-bond acceptors (Lipinski definition) is 9. The van der Waals surface area contributed by atoms with Gasteiger partial charge >= 0.3 is 0 Å². The molecule has 2 aliphatic heterocycles. The number of ether oxygens (including phenoxy) is 3. The molecular formula is C31H32N6O5. The highest BCUT2D eigenvalue weighted by Gasteiger charge is 2.31. The molecule has 0 aliphatic carbocycles. The van der Waals surface area contributed by atoms with Crippen LogP contribution < -0.4 is 19.5 Å². The third kappa shape index (κ3) is 4.14. The Morgan fingerprint density at radius 1 is 1.07 bits per heavy atom. The summed E-state index contributed by atoms with van der Waals surface area (Å²) < 4.78 is 23.6. The number of nitrogens with one attached hydrogen (secondary N) is 2. The van der Waals surface area contributed by atoms with Crippen LogP contribution in [-0.2, 0) is 0 Å². The van der Waals surface area contributed by atoms with Crippen LogP contribution in [0.4, 0.5) is 0 Å². The van der Waals surface area contributed by atoms with Gasteiger partial charge in [0.15, 0.2) is 11.5 Å². The fourth-order valence-corrected chi connectivity index (χ4v) is 6.14. The third-order valence-electron chi connectivity index (χ3n) is 8.02. The van der Waals surface area contributed by atoms with Crippen molar-refractivity contribution in [2.24, 2.45) is 0 Å². The highest BCUT2D eigenvalue weighted by molar-refractivity contribution is 6.14. The monoisotopic (exact) mass is 568 g/mol. The molecular weight excluding hydrogens is 536 g/mol. The highest BCUT2D eigenvalue weighted by atomic mass is 16.6. The van der Waals surface area contributed by atoms with Crippen LogP contribution in [0.5, 0.6) is 17.2 Å². The Morgan fingerprint density at radius 2 is 1.88 bits per heavy atom. The molecule has 216 valence electrons. The van der Waals surface area contributed by atoms with E-state index in [0.29, 0.717) is 72.0 Å². The standard InChI is InChI=1S/C31H32N6O5/c1-15-14-37(9-8-32-15)31(38)20-7-6-19(28-29(20)41-11-10-40-28)27-26-21-13-24(39-5)22(25-16(2)36-42-17(25)3)12-23(21)35-30(26)34-18(4)33-27/h6-7,12-13,15,32H,8-11,14H2,1-5H3,(H,33,34,35)/t15-/m0/s1. The number of fused-ring (bicyclic) bond motifs is 4. The molecule has 5 aromatic rings. The van der Waals surface area contributed by atoms with Gasteiger partial charge in [0, 0.05) is 47.7 Å². The first-order valence-corrected chi connectivity index (χ1v) is 14.1. The maximum Gasteiger partial charge on any atom is 0.257 e. The van der Waals surface area contributed by atoms with Gasteiger partial charge in [-0.05, 0) is 52.0 Å². The summed E-state index contributed by atoms with van der Waals surface area (Å²) in [5.74, 6) is 2.90. The number of carbonyl (C=O) groups excluding carboxylic acids is 1. The summed E-state index contributed by atoms with van der Waals surface area (Å²) in [5, 5.41) is 9.24. The van der Waals surface area contributed by atoms with Gasteiger partial charge in [-0.15, -0.1) is 0 Å². The molecule has 0 bridgehead atoms. The van der Waals surface area contributed by atoms with Gasteiger partial charge in [0.05, 0.1) is 35.0 Å². The van der Waals surface area contributed by atoms with E-state index in [4.69, 9.17) is 28.7 Å². The lowest BCUT2D eigenvalue weighted by molar-refractivity contribution is 0.0699. The predicted molar refractivity (Wildman–Crippen MR) is 157 cm³/mol. The first kappa shape index (κ1) is 26.3. The van der Waals surface area contributed by atoms with Crippen molar-refractivity contribution in [1.82, 2.24) is 30.3 Å². The summed E-state index contributed by atoms with van der Waals surface area (Å²) >= 11 is 0. The minimum Gasteiger partial charge on any atom is -0.496 e. The fourth-order valence-electron chi connectivity index (χ4n) is 6.14. The summed E-state index contributed by atoms with van der Waals surface area (Å²) in [4.78, 5) is 28.6. The number of amides is 1. The van der Waals surface area contributed by atoms with Crippen molar-refractivity contribution in [2.45, 2.75) is 33.7 Å². The van der Waals surface area contributed by atoms with E-state index in [1.165, 1.54) is 0 Å². The minimum atomic E-state index is -0.0654. The molecule has 0 saturated carbocycles. The lowest BCUT2D eigenvalue weighted by Gasteiger charge is -2.33. The quantitative estimate of drug-likeness (QED) is 0.320. The molecule has 1 saturated heterocycles. The molecule has 2 aromatic carbocycles. The van der Waals surface area contributed by atoms with Crippen molar-refractivity contribution in [3.05, 3.63) is 47.1 Å². The molecule has 42 heavy (non-hydrogen) atoms. The van der Waals surface area contributed by atoms with Gasteiger partial charge in [-0.25, -0.2) is 9.97 Å². The van der Waals surface area contributed by atoms with E-state index in [-0.39, 0.29) is 11.9 Å². The zero-order valence-electron chi connectivity index (χ0n) is 24.3. The Kier molecular flexibility index (Phi) is 6.27. The normalized spacial score (nSPS) is 16.8. The van der Waals surface area contributed by atoms with E-state index in [0.717, 1.165) is 45.2 Å². The number of benzene rings is 2. The summed E-state index contributed by atoms with van der Waals surface area (Å²) in [6.07, 6.45) is 0. The molecule has 11 heteroatoms. The van der Waals surface area contributed by atoms with Crippen LogP contribution in [0, 0.1) is 20.8 Å². The highest BCUT2D eigenvalue weighted by Crippen LogP contribution is 2.46. The van der Waals surface area contributed by atoms with Crippen LogP contribution in [0.15, 0.2) is 28.8 Å². The number of hydrogen-bond donors (Lipinski definition) is 2. The molecule has 3 aromatic heterocycles. The van der Waals surface area contributed by atoms with Crippen molar-refractivity contribution >= 4 is 27.8 Å². The third-order valence-corrected chi connectivity index (χ3v) is 8.02. The maximum atomic E-state index is 13.6. The van der Waals surface area contributed by atoms with E-state index in [1.807, 2.05) is 49.9 Å². The molecule has 11 nitrogen and oxygen atoms in total. The number of rotatable bonds is 4. The smallest absolute Gasteiger partial charge is 0.257 e. The van der Waals surface area contributed by atoms with Gasteiger partial charge in [0.1, 0.15) is 36.2 Å². The average molecular weight is 569 g/mol. The zero-order valence-corrected chi connectivity index (χ0v) is 24.3. The molecule has 7 rings (SSSR count). The van der Waals surface area contributed by atoms with E-state index in [9.17, 15) is 4.79 Å². The van der Waals surface area contributed by atoms with Crippen molar-refractivity contribution in [2.75, 3.05) is 40.0 Å². The Bertz CT molecular complexity index is 1860. The van der Waals surface area contributed by atoms with Gasteiger partial charge in [0.2, 0.25) is 0 Å². The average Bonchev–Trinajstić information content (AvgIpc) is 3.52. The largest absolute Gasteiger partial charge is 0.496 e. The van der Waals surface area contributed by atoms with Crippen molar-refractivity contribution < 1.29 is 23.5 Å². The Labute approximate surface area is 242 Å². The van der Waals surface area contributed by atoms with E-state index in [1.54, 1.807) is 7.11 Å². The van der Waals surface area contributed by atoms with Gasteiger partial charge in [-0.3, -0.25) is 4.79 Å². The number of aryl methyl sites for hydroxylation is 3. The Hall–Kier alpha value is -4.64. The number of carbonyl (C=O) groups is 1. The van der Waals surface area contributed by atoms with E-state index in [2.05, 4.69) is 22.4 Å². The first-order chi connectivity index (χ1) is 20.3. The van der Waals surface area contributed by atoms with Crippen LogP contribution in [0.25, 0.3) is 44.3 Å². The maximum absolute atomic E-state index is 13.6. The predicted octanol–water partition coefficient (Wildman–Crippen LogP) is 4.57. The Balaban J connectivity index is 1.42. The summed E-state index contributed by atoms with van der Waals surface area (Å²) in [6, 6.07) is 7.98. The van der Waals surface area contributed by atoms with Crippen molar-refractivity contribution in [1.29, 1.82) is 0 Å². The van der Waals surface area contributed by atoms with Gasteiger partial charge in [-0.1, -0.05) is 5.16 Å². The molecule has 2 N–H and O–H groups in total. The second-order valence-corrected chi connectivity index (χ2v) is 10.9. The van der Waals surface area contributed by atoms with Gasteiger partial charge in [0.25, 0.3) is 5.91 Å². The number of aromatic amines is 1. The summed E-state index contributed by atoms with van der Waals surface area (Å²) in [7, 11) is 1.65. The van der Waals surface area contributed by atoms with Crippen LogP contribution in [0.3, 0.4) is 0 Å². The lowest BCUT2D eigenvalue weighted by Crippen LogP contribution is -2.51. The molecule has 0 unspecified atom stereocenters. The number of nitrogens with zero attached hydrogens (tertiary/aromatic N) is 4. The van der Waals surface area contributed by atoms with Gasteiger partial charge < -0.3 is 33.9 Å². The molecule has 0 spiro atoms.